The van der Waals surface area contributed by atoms with Gasteiger partial charge in [-0.2, -0.15) is 0 Å². The van der Waals surface area contributed by atoms with Crippen LogP contribution >= 0.6 is 0 Å². The van der Waals surface area contributed by atoms with E-state index < -0.39 is 0 Å². The maximum absolute atomic E-state index is 12.3. The molecule has 0 aliphatic carbocycles. The number of nitrogens with one attached hydrogen (secondary N) is 1. The molecule has 122 valence electrons. The predicted molar refractivity (Wildman–Crippen MR) is 90.4 cm³/mol. The minimum absolute atomic E-state index is 0.0355. The van der Waals surface area contributed by atoms with Gasteiger partial charge >= 0.3 is 0 Å². The lowest BCUT2D eigenvalue weighted by atomic mass is 10.1. The fourth-order valence-electron chi connectivity index (χ4n) is 3.16. The first-order valence-electron chi connectivity index (χ1n) is 8.13. The summed E-state index contributed by atoms with van der Waals surface area (Å²) in [5.41, 5.74) is 4.39. The van der Waals surface area contributed by atoms with Crippen LogP contribution in [0.2, 0.25) is 0 Å². The molecule has 0 bridgehead atoms. The summed E-state index contributed by atoms with van der Waals surface area (Å²) in [6, 6.07) is 4.20. The third-order valence-corrected chi connectivity index (χ3v) is 4.14. The summed E-state index contributed by atoms with van der Waals surface area (Å²) in [7, 11) is 1.98. The number of ether oxygens (including phenoxy) is 1. The zero-order chi connectivity index (χ0) is 16.1. The van der Waals surface area contributed by atoms with Gasteiger partial charge in [-0.1, -0.05) is 17.7 Å². The lowest BCUT2D eigenvalue weighted by Gasteiger charge is -2.27. The van der Waals surface area contributed by atoms with Crippen molar-refractivity contribution < 1.29 is 9.53 Å². The fourth-order valence-corrected chi connectivity index (χ4v) is 3.16. The number of carbonyl (C=O) groups excluding carboxylic acids is 1. The van der Waals surface area contributed by atoms with Crippen LogP contribution in [-0.4, -0.2) is 43.7 Å². The number of benzene rings is 1. The summed E-state index contributed by atoms with van der Waals surface area (Å²) >= 11 is 0. The molecular formula is C18H28N2O2. The van der Waals surface area contributed by atoms with Crippen LogP contribution in [0.3, 0.4) is 0 Å². The molecule has 1 N–H and O–H groups in total. The smallest absolute Gasteiger partial charge is 0.238 e. The second kappa shape index (κ2) is 7.75. The van der Waals surface area contributed by atoms with Gasteiger partial charge in [0, 0.05) is 18.8 Å². The van der Waals surface area contributed by atoms with E-state index in [1.807, 2.05) is 25.8 Å². The molecule has 1 fully saturated rings. The Hall–Kier alpha value is -1.39. The Morgan fingerprint density at radius 3 is 2.55 bits per heavy atom. The van der Waals surface area contributed by atoms with E-state index in [1.54, 1.807) is 0 Å². The number of aryl methyl sites for hydroxylation is 3. The van der Waals surface area contributed by atoms with E-state index in [9.17, 15) is 4.79 Å². The summed E-state index contributed by atoms with van der Waals surface area (Å²) in [6.45, 7) is 8.21. The second-order valence-electron chi connectivity index (χ2n) is 6.51. The molecule has 1 heterocycles. The van der Waals surface area contributed by atoms with E-state index in [2.05, 4.69) is 24.4 Å². The number of nitrogens with zero attached hydrogens (tertiary/aromatic N) is 1. The highest BCUT2D eigenvalue weighted by atomic mass is 16.5. The van der Waals surface area contributed by atoms with Gasteiger partial charge in [-0.15, -0.1) is 0 Å². The molecule has 4 heteroatoms. The van der Waals surface area contributed by atoms with E-state index in [0.29, 0.717) is 6.54 Å². The maximum atomic E-state index is 12.3. The molecule has 1 saturated heterocycles. The largest absolute Gasteiger partial charge is 0.377 e. The van der Waals surface area contributed by atoms with Crippen LogP contribution in [0.1, 0.15) is 36.0 Å². The van der Waals surface area contributed by atoms with Gasteiger partial charge in [0.1, 0.15) is 0 Å². The average molecular weight is 304 g/mol. The number of amides is 1. The van der Waals surface area contributed by atoms with E-state index in [4.69, 9.17) is 4.74 Å². The molecule has 0 aromatic heterocycles. The van der Waals surface area contributed by atoms with Crippen LogP contribution < -0.4 is 5.32 Å². The zero-order valence-electron chi connectivity index (χ0n) is 14.2. The number of likely N-dealkylation sites (N-methyl/N-ethyl adjacent to an activating group) is 1. The first kappa shape index (κ1) is 17.0. The third-order valence-electron chi connectivity index (χ3n) is 4.14. The molecule has 1 aromatic carbocycles. The van der Waals surface area contributed by atoms with Crippen molar-refractivity contribution in [3.05, 3.63) is 28.8 Å². The van der Waals surface area contributed by atoms with Gasteiger partial charge in [-0.25, -0.2) is 0 Å². The van der Waals surface area contributed by atoms with Gasteiger partial charge in [-0.05, 0) is 58.2 Å². The average Bonchev–Trinajstić information content (AvgIpc) is 2.43. The number of hydrogen-bond donors (Lipinski definition) is 1. The summed E-state index contributed by atoms with van der Waals surface area (Å²) < 4.78 is 5.73. The molecule has 22 heavy (non-hydrogen) atoms. The van der Waals surface area contributed by atoms with Gasteiger partial charge in [0.05, 0.1) is 12.6 Å². The van der Waals surface area contributed by atoms with E-state index in [0.717, 1.165) is 42.8 Å². The number of hydrogen-bond acceptors (Lipinski definition) is 3. The van der Waals surface area contributed by atoms with Crippen molar-refractivity contribution >= 4 is 11.6 Å². The second-order valence-corrected chi connectivity index (χ2v) is 6.51. The predicted octanol–water partition coefficient (Wildman–Crippen LogP) is 3.05. The Labute approximate surface area is 133 Å². The summed E-state index contributed by atoms with van der Waals surface area (Å²) in [5.74, 6) is 0.0355. The van der Waals surface area contributed by atoms with Crippen molar-refractivity contribution in [1.29, 1.82) is 0 Å². The minimum atomic E-state index is 0.0355. The topological polar surface area (TPSA) is 41.6 Å². The van der Waals surface area contributed by atoms with Crippen LogP contribution in [0.5, 0.6) is 0 Å². The van der Waals surface area contributed by atoms with Gasteiger partial charge in [0.25, 0.3) is 0 Å². The highest BCUT2D eigenvalue weighted by molar-refractivity contribution is 5.93. The molecule has 0 radical (unpaired) electrons. The highest BCUT2D eigenvalue weighted by Gasteiger charge is 2.17. The molecule has 4 nitrogen and oxygen atoms in total. The summed E-state index contributed by atoms with van der Waals surface area (Å²) in [4.78, 5) is 14.3. The summed E-state index contributed by atoms with van der Waals surface area (Å²) in [6.07, 6.45) is 3.76. The van der Waals surface area contributed by atoms with Crippen LogP contribution in [0, 0.1) is 20.8 Å². The Kier molecular flexibility index (Phi) is 5.98. The normalized spacial score (nSPS) is 18.5. The van der Waals surface area contributed by atoms with Crippen LogP contribution in [0.25, 0.3) is 0 Å². The van der Waals surface area contributed by atoms with Crippen LogP contribution in [0.15, 0.2) is 12.1 Å². The molecule has 0 saturated carbocycles. The Balaban J connectivity index is 1.87. The van der Waals surface area contributed by atoms with Crippen molar-refractivity contribution in [2.45, 2.75) is 46.1 Å². The van der Waals surface area contributed by atoms with Crippen LogP contribution in [-0.2, 0) is 9.53 Å². The SMILES string of the molecule is Cc1cc(C)c(NC(=O)CN(C)C[C@@H]2CCCCO2)c(C)c1. The van der Waals surface area contributed by atoms with Gasteiger partial charge in [0.2, 0.25) is 5.91 Å². The Morgan fingerprint density at radius 2 is 1.95 bits per heavy atom. The van der Waals surface area contributed by atoms with E-state index in [1.165, 1.54) is 12.0 Å². The van der Waals surface area contributed by atoms with Gasteiger partial charge in [-0.3, -0.25) is 9.69 Å². The quantitative estimate of drug-likeness (QED) is 0.909. The molecule has 1 aliphatic rings. The lowest BCUT2D eigenvalue weighted by molar-refractivity contribution is -0.117. The summed E-state index contributed by atoms with van der Waals surface area (Å²) in [5, 5.41) is 3.05. The number of carbonyl (C=O) groups is 1. The molecule has 1 amide bonds. The third kappa shape index (κ3) is 4.82. The zero-order valence-corrected chi connectivity index (χ0v) is 14.2. The molecular weight excluding hydrogens is 276 g/mol. The lowest BCUT2D eigenvalue weighted by Crippen LogP contribution is -2.38. The molecule has 0 spiro atoms. The minimum Gasteiger partial charge on any atom is -0.377 e. The van der Waals surface area contributed by atoms with Gasteiger partial charge < -0.3 is 10.1 Å². The molecule has 1 aromatic rings. The molecule has 1 aliphatic heterocycles. The number of anilines is 1. The number of rotatable bonds is 5. The maximum Gasteiger partial charge on any atom is 0.238 e. The molecule has 1 atom stereocenters. The van der Waals surface area contributed by atoms with Crippen molar-refractivity contribution in [2.24, 2.45) is 0 Å². The molecule has 2 rings (SSSR count). The van der Waals surface area contributed by atoms with Crippen molar-refractivity contribution in [2.75, 3.05) is 32.1 Å². The van der Waals surface area contributed by atoms with Crippen LogP contribution in [0.4, 0.5) is 5.69 Å². The fraction of sp³-hybridized carbons (Fsp3) is 0.611. The van der Waals surface area contributed by atoms with Gasteiger partial charge in [0.15, 0.2) is 0 Å². The first-order chi connectivity index (χ1) is 10.5. The van der Waals surface area contributed by atoms with Crippen molar-refractivity contribution in [3.8, 4) is 0 Å². The highest BCUT2D eigenvalue weighted by Crippen LogP contribution is 2.21. The Morgan fingerprint density at radius 1 is 1.27 bits per heavy atom. The van der Waals surface area contributed by atoms with E-state index >= 15 is 0 Å². The standard InChI is InChI=1S/C18H28N2O2/c1-13-9-14(2)18(15(3)10-13)19-17(21)12-20(4)11-16-7-5-6-8-22-16/h9-10,16H,5-8,11-12H2,1-4H3,(H,19,21)/t16-/m0/s1. The monoisotopic (exact) mass is 304 g/mol. The Bertz CT molecular complexity index is 499. The van der Waals surface area contributed by atoms with E-state index in [-0.39, 0.29) is 12.0 Å². The van der Waals surface area contributed by atoms with Crippen molar-refractivity contribution in [3.63, 3.8) is 0 Å². The first-order valence-corrected chi connectivity index (χ1v) is 8.13. The van der Waals surface area contributed by atoms with Crippen molar-refractivity contribution in [1.82, 2.24) is 4.90 Å². The molecule has 0 unspecified atom stereocenters.